The van der Waals surface area contributed by atoms with Crippen LogP contribution in [0.4, 0.5) is 10.5 Å². The predicted octanol–water partition coefficient (Wildman–Crippen LogP) is 1.69. The highest BCUT2D eigenvalue weighted by molar-refractivity contribution is 5.93. The molecular formula is C16H26N4O3. The molecule has 2 heterocycles. The molecule has 0 atom stereocenters. The molecule has 23 heavy (non-hydrogen) atoms. The van der Waals surface area contributed by atoms with Crippen molar-refractivity contribution < 1.29 is 14.3 Å². The first-order valence-corrected chi connectivity index (χ1v) is 7.86. The van der Waals surface area contributed by atoms with Gasteiger partial charge in [-0.3, -0.25) is 4.79 Å². The first-order chi connectivity index (χ1) is 10.7. The van der Waals surface area contributed by atoms with Crippen LogP contribution in [0.25, 0.3) is 0 Å². The lowest BCUT2D eigenvalue weighted by molar-refractivity contribution is 0.0255. The molecule has 0 spiro atoms. The number of rotatable bonds is 1. The number of aryl methyl sites for hydroxylation is 1. The summed E-state index contributed by atoms with van der Waals surface area (Å²) in [5.41, 5.74) is 6.36. The Hall–Kier alpha value is -2.18. The Bertz CT molecular complexity index is 589. The SMILES string of the molecule is Cn1cc(N)cc1C(=O)N1CCCN(C(=O)OC(C)(C)C)CC1. The second kappa shape index (κ2) is 6.52. The van der Waals surface area contributed by atoms with Crippen LogP contribution in [-0.2, 0) is 11.8 Å². The number of carbonyl (C=O) groups is 2. The molecule has 7 heteroatoms. The van der Waals surface area contributed by atoms with Crippen molar-refractivity contribution in [2.75, 3.05) is 31.9 Å². The third-order valence-corrected chi connectivity index (χ3v) is 3.68. The Balaban J connectivity index is 2.00. The zero-order valence-electron chi connectivity index (χ0n) is 14.3. The van der Waals surface area contributed by atoms with E-state index in [4.69, 9.17) is 10.5 Å². The first-order valence-electron chi connectivity index (χ1n) is 7.86. The van der Waals surface area contributed by atoms with E-state index in [-0.39, 0.29) is 12.0 Å². The molecule has 1 fully saturated rings. The van der Waals surface area contributed by atoms with Gasteiger partial charge in [0.15, 0.2) is 0 Å². The van der Waals surface area contributed by atoms with Crippen molar-refractivity contribution in [2.24, 2.45) is 7.05 Å². The number of amides is 2. The van der Waals surface area contributed by atoms with Gasteiger partial charge in [-0.2, -0.15) is 0 Å². The summed E-state index contributed by atoms with van der Waals surface area (Å²) in [5, 5.41) is 0. The molecule has 0 aliphatic carbocycles. The summed E-state index contributed by atoms with van der Waals surface area (Å²) in [5.74, 6) is -0.0600. The minimum atomic E-state index is -0.514. The van der Waals surface area contributed by atoms with Gasteiger partial charge in [0.1, 0.15) is 11.3 Å². The Kier molecular flexibility index (Phi) is 4.87. The second-order valence-corrected chi connectivity index (χ2v) is 6.88. The van der Waals surface area contributed by atoms with Gasteiger partial charge in [-0.25, -0.2) is 4.79 Å². The van der Waals surface area contributed by atoms with Crippen LogP contribution in [0.1, 0.15) is 37.7 Å². The number of nitrogens with two attached hydrogens (primary N) is 1. The van der Waals surface area contributed by atoms with Crippen molar-refractivity contribution in [1.29, 1.82) is 0 Å². The number of anilines is 1. The summed E-state index contributed by atoms with van der Waals surface area (Å²) in [4.78, 5) is 28.2. The van der Waals surface area contributed by atoms with Crippen molar-refractivity contribution in [3.8, 4) is 0 Å². The van der Waals surface area contributed by atoms with E-state index in [0.717, 1.165) is 6.42 Å². The average molecular weight is 322 g/mol. The molecule has 2 amide bonds. The van der Waals surface area contributed by atoms with Crippen molar-refractivity contribution in [1.82, 2.24) is 14.4 Å². The van der Waals surface area contributed by atoms with Crippen LogP contribution in [-0.4, -0.2) is 58.1 Å². The van der Waals surface area contributed by atoms with E-state index in [1.807, 2.05) is 20.8 Å². The standard InChI is InChI=1S/C16H26N4O3/c1-16(2,3)23-15(22)20-7-5-6-19(8-9-20)14(21)13-10-12(17)11-18(13)4/h10-11H,5-9,17H2,1-4H3. The number of nitrogens with zero attached hydrogens (tertiary/aromatic N) is 3. The van der Waals surface area contributed by atoms with Crippen molar-refractivity contribution in [2.45, 2.75) is 32.8 Å². The lowest BCUT2D eigenvalue weighted by atomic mass is 10.2. The minimum Gasteiger partial charge on any atom is -0.444 e. The summed E-state index contributed by atoms with van der Waals surface area (Å²) in [7, 11) is 1.80. The molecule has 1 aromatic heterocycles. The zero-order valence-corrected chi connectivity index (χ0v) is 14.3. The van der Waals surface area contributed by atoms with E-state index in [1.165, 1.54) is 0 Å². The van der Waals surface area contributed by atoms with Crippen LogP contribution < -0.4 is 5.73 Å². The molecule has 128 valence electrons. The number of nitrogen functional groups attached to an aromatic ring is 1. The lowest BCUT2D eigenvalue weighted by Crippen LogP contribution is -2.40. The van der Waals surface area contributed by atoms with Gasteiger partial charge in [0.05, 0.1) is 5.69 Å². The smallest absolute Gasteiger partial charge is 0.410 e. The maximum absolute atomic E-state index is 12.6. The normalized spacial score (nSPS) is 16.2. The van der Waals surface area contributed by atoms with Crippen LogP contribution in [0.3, 0.4) is 0 Å². The summed E-state index contributed by atoms with van der Waals surface area (Å²) >= 11 is 0. The Morgan fingerprint density at radius 1 is 1.13 bits per heavy atom. The topological polar surface area (TPSA) is 80.8 Å². The number of carbonyl (C=O) groups excluding carboxylic acids is 2. The Labute approximate surface area is 137 Å². The zero-order chi connectivity index (χ0) is 17.2. The molecular weight excluding hydrogens is 296 g/mol. The van der Waals surface area contributed by atoms with Gasteiger partial charge in [-0.15, -0.1) is 0 Å². The van der Waals surface area contributed by atoms with E-state index in [9.17, 15) is 9.59 Å². The number of ether oxygens (including phenoxy) is 1. The molecule has 7 nitrogen and oxygen atoms in total. The fourth-order valence-electron chi connectivity index (χ4n) is 2.59. The van der Waals surface area contributed by atoms with Crippen molar-refractivity contribution in [3.05, 3.63) is 18.0 Å². The molecule has 1 saturated heterocycles. The maximum atomic E-state index is 12.6. The number of aromatic nitrogens is 1. The molecule has 0 unspecified atom stereocenters. The van der Waals surface area contributed by atoms with Gasteiger partial charge in [-0.05, 0) is 33.3 Å². The fourth-order valence-corrected chi connectivity index (χ4v) is 2.59. The highest BCUT2D eigenvalue weighted by Crippen LogP contribution is 2.15. The molecule has 1 aromatic rings. The van der Waals surface area contributed by atoms with Gasteiger partial charge < -0.3 is 24.8 Å². The first kappa shape index (κ1) is 17.2. The molecule has 0 aromatic carbocycles. The summed E-state index contributed by atoms with van der Waals surface area (Å²) in [6, 6.07) is 1.68. The van der Waals surface area contributed by atoms with Crippen LogP contribution >= 0.6 is 0 Å². The van der Waals surface area contributed by atoms with Crippen LogP contribution in [0.2, 0.25) is 0 Å². The number of hydrogen-bond acceptors (Lipinski definition) is 4. The average Bonchev–Trinajstić information content (AvgIpc) is 2.64. The summed E-state index contributed by atoms with van der Waals surface area (Å²) < 4.78 is 7.13. The van der Waals surface area contributed by atoms with Crippen molar-refractivity contribution >= 4 is 17.7 Å². The molecule has 1 aliphatic rings. The van der Waals surface area contributed by atoms with E-state index in [0.29, 0.717) is 37.6 Å². The van der Waals surface area contributed by atoms with E-state index < -0.39 is 5.60 Å². The van der Waals surface area contributed by atoms with Crippen LogP contribution in [0.15, 0.2) is 12.3 Å². The van der Waals surface area contributed by atoms with Gasteiger partial charge >= 0.3 is 6.09 Å². The number of hydrogen-bond donors (Lipinski definition) is 1. The minimum absolute atomic E-state index is 0.0600. The molecule has 0 saturated carbocycles. The van der Waals surface area contributed by atoms with Crippen molar-refractivity contribution in [3.63, 3.8) is 0 Å². The summed E-state index contributed by atoms with van der Waals surface area (Å²) in [6.07, 6.45) is 2.12. The fraction of sp³-hybridized carbons (Fsp3) is 0.625. The summed E-state index contributed by atoms with van der Waals surface area (Å²) in [6.45, 7) is 7.70. The van der Waals surface area contributed by atoms with Crippen LogP contribution in [0, 0.1) is 0 Å². The maximum Gasteiger partial charge on any atom is 0.410 e. The Morgan fingerprint density at radius 3 is 2.30 bits per heavy atom. The van der Waals surface area contributed by atoms with E-state index in [2.05, 4.69) is 0 Å². The second-order valence-electron chi connectivity index (χ2n) is 6.88. The highest BCUT2D eigenvalue weighted by Gasteiger charge is 2.27. The van der Waals surface area contributed by atoms with E-state index >= 15 is 0 Å². The largest absolute Gasteiger partial charge is 0.444 e. The van der Waals surface area contributed by atoms with Gasteiger partial charge in [-0.1, -0.05) is 0 Å². The molecule has 1 aliphatic heterocycles. The highest BCUT2D eigenvalue weighted by atomic mass is 16.6. The molecule has 0 bridgehead atoms. The van der Waals surface area contributed by atoms with E-state index in [1.54, 1.807) is 33.7 Å². The van der Waals surface area contributed by atoms with Gasteiger partial charge in [0.2, 0.25) is 0 Å². The Morgan fingerprint density at radius 2 is 1.74 bits per heavy atom. The third-order valence-electron chi connectivity index (χ3n) is 3.68. The quantitative estimate of drug-likeness (QED) is 0.853. The van der Waals surface area contributed by atoms with Gasteiger partial charge in [0, 0.05) is 39.4 Å². The lowest BCUT2D eigenvalue weighted by Gasteiger charge is -2.26. The monoisotopic (exact) mass is 322 g/mol. The molecule has 2 rings (SSSR count). The third kappa shape index (κ3) is 4.40. The van der Waals surface area contributed by atoms with Crippen LogP contribution in [0.5, 0.6) is 0 Å². The van der Waals surface area contributed by atoms with Gasteiger partial charge in [0.25, 0.3) is 5.91 Å². The molecule has 0 radical (unpaired) electrons. The predicted molar refractivity (Wildman–Crippen MR) is 88.2 cm³/mol. The molecule has 2 N–H and O–H groups in total.